The van der Waals surface area contributed by atoms with Gasteiger partial charge in [0, 0.05) is 6.54 Å². The summed E-state index contributed by atoms with van der Waals surface area (Å²) in [6, 6.07) is 0. The molecule has 1 aromatic heterocycles. The van der Waals surface area contributed by atoms with Gasteiger partial charge in [-0.05, 0) is 41.7 Å². The summed E-state index contributed by atoms with van der Waals surface area (Å²) >= 11 is 1.61. The Hall–Kier alpha value is -1.56. The number of amides is 1. The maximum Gasteiger partial charge on any atom is 0.234 e. The number of oxime groups is 1. The summed E-state index contributed by atoms with van der Waals surface area (Å²) in [6.07, 6.45) is 1.30. The van der Waals surface area contributed by atoms with Crippen LogP contribution in [0.1, 0.15) is 24.0 Å². The van der Waals surface area contributed by atoms with E-state index in [2.05, 4.69) is 10.5 Å². The van der Waals surface area contributed by atoms with Crippen LogP contribution in [-0.2, 0) is 11.3 Å². The van der Waals surface area contributed by atoms with Gasteiger partial charge in [-0.1, -0.05) is 5.16 Å². The number of aryl methyl sites for hydroxylation is 1. The molecule has 0 unspecified atom stereocenters. The normalized spacial score (nSPS) is 17.8. The van der Waals surface area contributed by atoms with Gasteiger partial charge in [0.2, 0.25) is 5.91 Å². The SMILES string of the molecule is Cc1cscc1CNC(=O)C1(/C(N)=N/O)CC1. The first kappa shape index (κ1) is 11.9. The molecule has 1 aromatic rings. The number of hydrogen-bond acceptors (Lipinski definition) is 4. The molecule has 0 aromatic carbocycles. The van der Waals surface area contributed by atoms with E-state index in [4.69, 9.17) is 10.9 Å². The van der Waals surface area contributed by atoms with Crippen LogP contribution in [0.4, 0.5) is 0 Å². The van der Waals surface area contributed by atoms with Gasteiger partial charge in [0.15, 0.2) is 5.84 Å². The highest BCUT2D eigenvalue weighted by Gasteiger charge is 2.54. The van der Waals surface area contributed by atoms with Crippen molar-refractivity contribution >= 4 is 23.1 Å². The Bertz CT molecular complexity index is 463. The molecule has 6 heteroatoms. The molecule has 17 heavy (non-hydrogen) atoms. The fraction of sp³-hybridized carbons (Fsp3) is 0.455. The molecule has 1 saturated carbocycles. The maximum atomic E-state index is 12.0. The van der Waals surface area contributed by atoms with E-state index in [0.717, 1.165) is 5.56 Å². The molecule has 0 atom stereocenters. The van der Waals surface area contributed by atoms with Crippen LogP contribution < -0.4 is 11.1 Å². The van der Waals surface area contributed by atoms with Gasteiger partial charge in [0.25, 0.3) is 0 Å². The van der Waals surface area contributed by atoms with E-state index in [1.54, 1.807) is 11.3 Å². The zero-order valence-electron chi connectivity index (χ0n) is 9.56. The first-order valence-electron chi connectivity index (χ1n) is 5.38. The molecule has 0 spiro atoms. The van der Waals surface area contributed by atoms with E-state index in [1.807, 2.05) is 17.7 Å². The lowest BCUT2D eigenvalue weighted by Crippen LogP contribution is -2.40. The summed E-state index contributed by atoms with van der Waals surface area (Å²) in [4.78, 5) is 12.0. The molecular formula is C11H15N3O2S. The molecule has 4 N–H and O–H groups in total. The minimum absolute atomic E-state index is 0.0111. The number of carbonyl (C=O) groups excluding carboxylic acids is 1. The molecule has 5 nitrogen and oxygen atoms in total. The fourth-order valence-electron chi connectivity index (χ4n) is 1.73. The molecule has 92 valence electrons. The Kier molecular flexibility index (Phi) is 3.06. The highest BCUT2D eigenvalue weighted by atomic mass is 32.1. The average molecular weight is 253 g/mol. The lowest BCUT2D eigenvalue weighted by atomic mass is 10.1. The van der Waals surface area contributed by atoms with Crippen molar-refractivity contribution in [2.24, 2.45) is 16.3 Å². The lowest BCUT2D eigenvalue weighted by Gasteiger charge is -2.13. The molecule has 0 radical (unpaired) electrons. The molecule has 1 amide bonds. The third kappa shape index (κ3) is 2.12. The number of amidine groups is 1. The number of hydrogen-bond donors (Lipinski definition) is 3. The van der Waals surface area contributed by atoms with Crippen molar-refractivity contribution in [3.8, 4) is 0 Å². The summed E-state index contributed by atoms with van der Waals surface area (Å²) < 4.78 is 0. The van der Waals surface area contributed by atoms with E-state index in [-0.39, 0.29) is 11.7 Å². The van der Waals surface area contributed by atoms with Gasteiger partial charge >= 0.3 is 0 Å². The molecule has 1 fully saturated rings. The van der Waals surface area contributed by atoms with Gasteiger partial charge in [-0.3, -0.25) is 4.79 Å². The molecule has 0 aliphatic heterocycles. The number of carbonyl (C=O) groups is 1. The van der Waals surface area contributed by atoms with Gasteiger partial charge in [-0.2, -0.15) is 11.3 Å². The Morgan fingerprint density at radius 1 is 1.65 bits per heavy atom. The van der Waals surface area contributed by atoms with Gasteiger partial charge < -0.3 is 16.3 Å². The first-order chi connectivity index (χ1) is 8.10. The van der Waals surface area contributed by atoms with Crippen molar-refractivity contribution in [1.82, 2.24) is 5.32 Å². The van der Waals surface area contributed by atoms with Crippen molar-refractivity contribution < 1.29 is 10.0 Å². The number of nitrogens with zero attached hydrogens (tertiary/aromatic N) is 1. The smallest absolute Gasteiger partial charge is 0.234 e. The van der Waals surface area contributed by atoms with Crippen LogP contribution in [0.3, 0.4) is 0 Å². The van der Waals surface area contributed by atoms with E-state index in [0.29, 0.717) is 19.4 Å². The van der Waals surface area contributed by atoms with Crippen molar-refractivity contribution in [2.75, 3.05) is 0 Å². The Labute approximate surface area is 103 Å². The van der Waals surface area contributed by atoms with E-state index >= 15 is 0 Å². The Morgan fingerprint density at radius 3 is 2.82 bits per heavy atom. The number of thiophene rings is 1. The quantitative estimate of drug-likeness (QED) is 0.326. The minimum Gasteiger partial charge on any atom is -0.409 e. The second-order valence-electron chi connectivity index (χ2n) is 4.33. The van der Waals surface area contributed by atoms with Crippen LogP contribution in [0.2, 0.25) is 0 Å². The van der Waals surface area contributed by atoms with Crippen LogP contribution in [0, 0.1) is 12.3 Å². The van der Waals surface area contributed by atoms with Crippen LogP contribution in [0.15, 0.2) is 15.9 Å². The van der Waals surface area contributed by atoms with Crippen LogP contribution in [-0.4, -0.2) is 17.0 Å². The van der Waals surface area contributed by atoms with Crippen LogP contribution >= 0.6 is 11.3 Å². The molecule has 0 bridgehead atoms. The van der Waals surface area contributed by atoms with E-state index in [1.165, 1.54) is 5.56 Å². The summed E-state index contributed by atoms with van der Waals surface area (Å²) in [6.45, 7) is 2.50. The third-order valence-corrected chi connectivity index (χ3v) is 4.09. The Morgan fingerprint density at radius 2 is 2.35 bits per heavy atom. The predicted molar refractivity (Wildman–Crippen MR) is 66.0 cm³/mol. The topological polar surface area (TPSA) is 87.7 Å². The number of nitrogens with two attached hydrogens (primary N) is 1. The number of rotatable bonds is 4. The summed E-state index contributed by atoms with van der Waals surface area (Å²) in [5.41, 5.74) is 7.05. The average Bonchev–Trinajstić information content (AvgIpc) is 3.04. The highest BCUT2D eigenvalue weighted by Crippen LogP contribution is 2.46. The van der Waals surface area contributed by atoms with Crippen molar-refractivity contribution in [3.63, 3.8) is 0 Å². The van der Waals surface area contributed by atoms with Crippen molar-refractivity contribution in [2.45, 2.75) is 26.3 Å². The molecule has 1 aliphatic carbocycles. The van der Waals surface area contributed by atoms with Gasteiger partial charge in [-0.25, -0.2) is 0 Å². The zero-order chi connectivity index (χ0) is 12.5. The summed E-state index contributed by atoms with van der Waals surface area (Å²) in [5, 5.41) is 18.5. The monoisotopic (exact) mass is 253 g/mol. The molecule has 1 heterocycles. The van der Waals surface area contributed by atoms with Crippen LogP contribution in [0.25, 0.3) is 0 Å². The number of nitrogens with one attached hydrogen (secondary N) is 1. The highest BCUT2D eigenvalue weighted by molar-refractivity contribution is 7.08. The Balaban J connectivity index is 1.97. The molecule has 0 saturated heterocycles. The van der Waals surface area contributed by atoms with E-state index < -0.39 is 5.41 Å². The van der Waals surface area contributed by atoms with Gasteiger partial charge in [0.05, 0.1) is 0 Å². The second-order valence-corrected chi connectivity index (χ2v) is 5.07. The summed E-state index contributed by atoms with van der Waals surface area (Å²) in [7, 11) is 0. The first-order valence-corrected chi connectivity index (χ1v) is 6.32. The summed E-state index contributed by atoms with van der Waals surface area (Å²) in [5.74, 6) is -0.143. The lowest BCUT2D eigenvalue weighted by molar-refractivity contribution is -0.124. The second kappa shape index (κ2) is 4.37. The van der Waals surface area contributed by atoms with Crippen molar-refractivity contribution in [3.05, 3.63) is 21.9 Å². The molecular weight excluding hydrogens is 238 g/mol. The van der Waals surface area contributed by atoms with Gasteiger partial charge in [0.1, 0.15) is 5.41 Å². The standard InChI is InChI=1S/C11H15N3O2S/c1-7-5-17-6-8(7)4-13-10(15)11(2-3-11)9(12)14-16/h5-6,16H,2-4H2,1H3,(H2,12,14)(H,13,15). The third-order valence-electron chi connectivity index (χ3n) is 3.18. The zero-order valence-corrected chi connectivity index (χ0v) is 10.4. The van der Waals surface area contributed by atoms with Gasteiger partial charge in [-0.15, -0.1) is 0 Å². The minimum atomic E-state index is -0.765. The predicted octanol–water partition coefficient (Wildman–Crippen LogP) is 1.20. The van der Waals surface area contributed by atoms with Crippen molar-refractivity contribution in [1.29, 1.82) is 0 Å². The largest absolute Gasteiger partial charge is 0.409 e. The molecule has 1 aliphatic rings. The fourth-order valence-corrected chi connectivity index (χ4v) is 2.59. The van der Waals surface area contributed by atoms with E-state index in [9.17, 15) is 4.79 Å². The maximum absolute atomic E-state index is 12.0. The van der Waals surface area contributed by atoms with Crippen LogP contribution in [0.5, 0.6) is 0 Å². The molecule has 2 rings (SSSR count).